The summed E-state index contributed by atoms with van der Waals surface area (Å²) >= 11 is 0. The average molecular weight is 275 g/mol. The number of halogens is 1. The highest BCUT2D eigenvalue weighted by molar-refractivity contribution is 5.96. The van der Waals surface area contributed by atoms with Crippen LogP contribution in [0.3, 0.4) is 0 Å². The Morgan fingerprint density at radius 2 is 2.00 bits per heavy atom. The highest BCUT2D eigenvalue weighted by atomic mass is 19.1. The minimum atomic E-state index is -0.920. The fourth-order valence-electron chi connectivity index (χ4n) is 3.37. The SMILES string of the molecule is CC(O)N(C(=O)C1CC2C=CC1C2)c1ccc(F)cc1. The molecule has 1 saturated carbocycles. The molecular weight excluding hydrogens is 257 g/mol. The minimum Gasteiger partial charge on any atom is -0.373 e. The number of amides is 1. The van der Waals surface area contributed by atoms with Crippen LogP contribution in [0.2, 0.25) is 0 Å². The molecule has 20 heavy (non-hydrogen) atoms. The third kappa shape index (κ3) is 2.24. The van der Waals surface area contributed by atoms with Crippen molar-refractivity contribution in [1.29, 1.82) is 0 Å². The maximum atomic E-state index is 13.0. The van der Waals surface area contributed by atoms with Gasteiger partial charge in [0.1, 0.15) is 12.0 Å². The number of fused-ring (bicyclic) bond motifs is 2. The van der Waals surface area contributed by atoms with Crippen molar-refractivity contribution in [1.82, 2.24) is 0 Å². The Kier molecular flexibility index (Phi) is 3.34. The molecule has 1 aromatic rings. The van der Waals surface area contributed by atoms with Crippen molar-refractivity contribution in [2.75, 3.05) is 4.90 Å². The molecule has 0 spiro atoms. The predicted molar refractivity (Wildman–Crippen MR) is 74.4 cm³/mol. The number of aliphatic hydroxyl groups is 1. The zero-order chi connectivity index (χ0) is 14.3. The van der Waals surface area contributed by atoms with Crippen molar-refractivity contribution < 1.29 is 14.3 Å². The van der Waals surface area contributed by atoms with E-state index in [1.165, 1.54) is 29.2 Å². The summed E-state index contributed by atoms with van der Waals surface area (Å²) in [5.41, 5.74) is 0.540. The van der Waals surface area contributed by atoms with Crippen molar-refractivity contribution in [3.8, 4) is 0 Å². The molecule has 0 saturated heterocycles. The van der Waals surface area contributed by atoms with Crippen molar-refractivity contribution in [2.45, 2.75) is 26.0 Å². The molecule has 1 N–H and O–H groups in total. The Morgan fingerprint density at radius 3 is 2.50 bits per heavy atom. The molecule has 3 rings (SSSR count). The Labute approximate surface area is 117 Å². The molecule has 2 aliphatic rings. The number of rotatable bonds is 3. The number of carbonyl (C=O) groups excluding carboxylic acids is 1. The van der Waals surface area contributed by atoms with Gasteiger partial charge in [-0.1, -0.05) is 12.2 Å². The lowest BCUT2D eigenvalue weighted by Crippen LogP contribution is -2.43. The first-order valence-corrected chi connectivity index (χ1v) is 7.01. The van der Waals surface area contributed by atoms with Gasteiger partial charge in [-0.2, -0.15) is 0 Å². The summed E-state index contributed by atoms with van der Waals surface area (Å²) in [7, 11) is 0. The summed E-state index contributed by atoms with van der Waals surface area (Å²) in [5.74, 6) is 0.301. The molecule has 106 valence electrons. The molecule has 3 nitrogen and oxygen atoms in total. The molecule has 0 heterocycles. The van der Waals surface area contributed by atoms with Crippen LogP contribution >= 0.6 is 0 Å². The van der Waals surface area contributed by atoms with E-state index in [0.29, 0.717) is 11.6 Å². The van der Waals surface area contributed by atoms with Gasteiger partial charge in [0.2, 0.25) is 5.91 Å². The van der Waals surface area contributed by atoms with Crippen LogP contribution in [-0.4, -0.2) is 17.2 Å². The highest BCUT2D eigenvalue weighted by Crippen LogP contribution is 2.44. The van der Waals surface area contributed by atoms with Crippen LogP contribution < -0.4 is 4.90 Å². The van der Waals surface area contributed by atoms with Gasteiger partial charge >= 0.3 is 0 Å². The number of allylic oxidation sites excluding steroid dienone is 2. The standard InChI is InChI=1S/C16H18FNO2/c1-10(19)18(14-6-4-13(17)5-7-14)16(20)15-9-11-2-3-12(15)8-11/h2-7,10-12,15,19H,8-9H2,1H3. The monoisotopic (exact) mass is 275 g/mol. The smallest absolute Gasteiger partial charge is 0.232 e. The van der Waals surface area contributed by atoms with E-state index in [1.807, 2.05) is 0 Å². The Bertz CT molecular complexity index is 538. The predicted octanol–water partition coefficient (Wildman–Crippen LogP) is 2.71. The van der Waals surface area contributed by atoms with Gasteiger partial charge in [-0.15, -0.1) is 0 Å². The van der Waals surface area contributed by atoms with Crippen LogP contribution in [0.5, 0.6) is 0 Å². The molecule has 4 atom stereocenters. The lowest BCUT2D eigenvalue weighted by Gasteiger charge is -2.30. The van der Waals surface area contributed by atoms with Gasteiger partial charge in [0, 0.05) is 11.6 Å². The number of benzene rings is 1. The quantitative estimate of drug-likeness (QED) is 0.680. The van der Waals surface area contributed by atoms with E-state index in [-0.39, 0.29) is 23.6 Å². The number of carbonyl (C=O) groups is 1. The zero-order valence-electron chi connectivity index (χ0n) is 11.4. The summed E-state index contributed by atoms with van der Waals surface area (Å²) in [4.78, 5) is 14.1. The third-order valence-electron chi connectivity index (χ3n) is 4.31. The molecule has 2 bridgehead atoms. The van der Waals surface area contributed by atoms with Gasteiger partial charge in [-0.3, -0.25) is 9.69 Å². The first-order chi connectivity index (χ1) is 9.56. The van der Waals surface area contributed by atoms with Gasteiger partial charge in [-0.25, -0.2) is 4.39 Å². The normalized spacial score (nSPS) is 28.6. The first kappa shape index (κ1) is 13.3. The van der Waals surface area contributed by atoms with E-state index in [2.05, 4.69) is 12.2 Å². The Morgan fingerprint density at radius 1 is 1.30 bits per heavy atom. The van der Waals surface area contributed by atoms with Gasteiger partial charge in [0.15, 0.2) is 0 Å². The minimum absolute atomic E-state index is 0.0651. The fraction of sp³-hybridized carbons (Fsp3) is 0.438. The van der Waals surface area contributed by atoms with Crippen LogP contribution in [0.1, 0.15) is 19.8 Å². The summed E-state index contributed by atoms with van der Waals surface area (Å²) < 4.78 is 13.0. The average Bonchev–Trinajstić information content (AvgIpc) is 3.03. The van der Waals surface area contributed by atoms with E-state index >= 15 is 0 Å². The third-order valence-corrected chi connectivity index (χ3v) is 4.31. The lowest BCUT2D eigenvalue weighted by atomic mass is 9.92. The number of hydrogen-bond acceptors (Lipinski definition) is 2. The zero-order valence-corrected chi connectivity index (χ0v) is 11.4. The fourth-order valence-corrected chi connectivity index (χ4v) is 3.37. The van der Waals surface area contributed by atoms with E-state index in [9.17, 15) is 14.3 Å². The van der Waals surface area contributed by atoms with Crippen LogP contribution in [-0.2, 0) is 4.79 Å². The van der Waals surface area contributed by atoms with Crippen LogP contribution in [0.25, 0.3) is 0 Å². The molecular formula is C16H18FNO2. The van der Waals surface area contributed by atoms with Crippen LogP contribution in [0.15, 0.2) is 36.4 Å². The van der Waals surface area contributed by atoms with Crippen molar-refractivity contribution in [3.05, 3.63) is 42.2 Å². The maximum Gasteiger partial charge on any atom is 0.232 e. The molecule has 4 heteroatoms. The van der Waals surface area contributed by atoms with Crippen molar-refractivity contribution >= 4 is 11.6 Å². The summed E-state index contributed by atoms with van der Waals surface area (Å²) in [5, 5.41) is 9.93. The Balaban J connectivity index is 1.85. The van der Waals surface area contributed by atoms with E-state index in [1.54, 1.807) is 6.92 Å². The molecule has 4 unspecified atom stereocenters. The summed E-state index contributed by atoms with van der Waals surface area (Å²) in [6, 6.07) is 5.67. The van der Waals surface area contributed by atoms with E-state index in [0.717, 1.165) is 12.8 Å². The first-order valence-electron chi connectivity index (χ1n) is 7.01. The summed E-state index contributed by atoms with van der Waals surface area (Å²) in [6.07, 6.45) is 5.26. The number of nitrogens with zero attached hydrogens (tertiary/aromatic N) is 1. The number of hydrogen-bond donors (Lipinski definition) is 1. The Hall–Kier alpha value is -1.68. The lowest BCUT2D eigenvalue weighted by molar-refractivity contribution is -0.124. The molecule has 0 radical (unpaired) electrons. The molecule has 0 aromatic heterocycles. The topological polar surface area (TPSA) is 40.5 Å². The van der Waals surface area contributed by atoms with Gasteiger partial charge in [0.25, 0.3) is 0 Å². The van der Waals surface area contributed by atoms with Crippen LogP contribution in [0, 0.1) is 23.6 Å². The second-order valence-corrected chi connectivity index (χ2v) is 5.70. The van der Waals surface area contributed by atoms with Crippen molar-refractivity contribution in [3.63, 3.8) is 0 Å². The van der Waals surface area contributed by atoms with E-state index < -0.39 is 6.23 Å². The van der Waals surface area contributed by atoms with Gasteiger partial charge < -0.3 is 5.11 Å². The van der Waals surface area contributed by atoms with Crippen molar-refractivity contribution in [2.24, 2.45) is 17.8 Å². The maximum absolute atomic E-state index is 13.0. The second-order valence-electron chi connectivity index (χ2n) is 5.70. The van der Waals surface area contributed by atoms with E-state index in [4.69, 9.17) is 0 Å². The summed E-state index contributed by atoms with van der Waals surface area (Å²) in [6.45, 7) is 1.56. The second kappa shape index (κ2) is 5.02. The number of aliphatic hydroxyl groups excluding tert-OH is 1. The largest absolute Gasteiger partial charge is 0.373 e. The van der Waals surface area contributed by atoms with Gasteiger partial charge in [0.05, 0.1) is 0 Å². The molecule has 2 aliphatic carbocycles. The molecule has 1 aromatic carbocycles. The molecule has 1 fully saturated rings. The highest BCUT2D eigenvalue weighted by Gasteiger charge is 2.42. The molecule has 0 aliphatic heterocycles. The molecule has 1 amide bonds. The van der Waals surface area contributed by atoms with Crippen LogP contribution in [0.4, 0.5) is 10.1 Å². The van der Waals surface area contributed by atoms with Gasteiger partial charge in [-0.05, 0) is 55.9 Å². The number of anilines is 1.